The van der Waals surface area contributed by atoms with Gasteiger partial charge in [0, 0.05) is 24.4 Å². The minimum atomic E-state index is -5.08. The number of alkyl halides is 3. The number of morpholine rings is 1. The van der Waals surface area contributed by atoms with Crippen LogP contribution in [0.15, 0.2) is 41.1 Å². The summed E-state index contributed by atoms with van der Waals surface area (Å²) in [4.78, 5) is 27.8. The van der Waals surface area contributed by atoms with Crippen molar-refractivity contribution in [1.29, 1.82) is 0 Å². The molecule has 11 heteroatoms. The zero-order chi connectivity index (χ0) is 23.3. The van der Waals surface area contributed by atoms with Crippen molar-refractivity contribution in [2.75, 3.05) is 19.8 Å². The Morgan fingerprint density at radius 3 is 2.62 bits per heavy atom. The molecule has 1 aliphatic heterocycles. The third-order valence-corrected chi connectivity index (χ3v) is 5.30. The molecule has 0 spiro atoms. The van der Waals surface area contributed by atoms with Gasteiger partial charge in [-0.2, -0.15) is 13.2 Å². The summed E-state index contributed by atoms with van der Waals surface area (Å²) < 4.78 is 48.8. The quantitative estimate of drug-likeness (QED) is 0.753. The topological polar surface area (TPSA) is 102 Å². The molecule has 2 fully saturated rings. The molecule has 1 saturated carbocycles. The van der Waals surface area contributed by atoms with Gasteiger partial charge in [-0.05, 0) is 37.8 Å². The number of hydrogen-bond acceptors (Lipinski definition) is 6. The van der Waals surface area contributed by atoms with Crippen LogP contribution in [0.4, 0.5) is 13.2 Å². The van der Waals surface area contributed by atoms with E-state index in [2.05, 4.69) is 4.98 Å². The molecule has 0 aromatic carbocycles. The number of carboxylic acid groups (broad SMARTS) is 1. The predicted molar refractivity (Wildman–Crippen MR) is 104 cm³/mol. The van der Waals surface area contributed by atoms with E-state index < -0.39 is 12.1 Å². The number of carbonyl (C=O) groups excluding carboxylic acids is 1. The molecule has 1 saturated heterocycles. The monoisotopic (exact) mass is 456 g/mol. The maximum atomic E-state index is 12.8. The summed E-state index contributed by atoms with van der Waals surface area (Å²) in [5, 5.41) is 7.12. The molecule has 8 nitrogen and oxygen atoms in total. The first kappa shape index (κ1) is 23.6. The van der Waals surface area contributed by atoms with E-state index in [1.807, 2.05) is 36.1 Å². The lowest BCUT2D eigenvalue weighted by Crippen LogP contribution is -2.51. The number of nitrogens with zero attached hydrogens (tertiary/aromatic N) is 2. The number of pyridine rings is 1. The number of furan rings is 1. The lowest BCUT2D eigenvalue weighted by molar-refractivity contribution is -0.192. The minimum absolute atomic E-state index is 0.0351. The number of ether oxygens (including phenoxy) is 2. The third-order valence-electron chi connectivity index (χ3n) is 5.30. The highest BCUT2D eigenvalue weighted by Gasteiger charge is 2.44. The van der Waals surface area contributed by atoms with E-state index >= 15 is 0 Å². The second kappa shape index (κ2) is 10.0. The zero-order valence-electron chi connectivity index (χ0n) is 17.2. The Hall–Kier alpha value is -3.08. The SMILES string of the molecule is Cc1ccoc1C(=O)N1CCOC2CC(COc3ccccn3)CC21.O=C(O)C(F)(F)F. The maximum Gasteiger partial charge on any atom is 0.490 e. The molecule has 1 N–H and O–H groups in total. The molecule has 1 amide bonds. The van der Waals surface area contributed by atoms with Gasteiger partial charge in [0.2, 0.25) is 5.88 Å². The van der Waals surface area contributed by atoms with Crippen molar-refractivity contribution in [3.05, 3.63) is 48.0 Å². The summed E-state index contributed by atoms with van der Waals surface area (Å²) in [6.45, 7) is 3.66. The lowest BCUT2D eigenvalue weighted by atomic mass is 10.1. The summed E-state index contributed by atoms with van der Waals surface area (Å²) in [5.41, 5.74) is 0.876. The molecular weight excluding hydrogens is 433 g/mol. The highest BCUT2D eigenvalue weighted by molar-refractivity contribution is 5.93. The Bertz CT molecular complexity index is 918. The van der Waals surface area contributed by atoms with Crippen LogP contribution in [0, 0.1) is 12.8 Å². The predicted octanol–water partition coefficient (Wildman–Crippen LogP) is 3.31. The number of aromatic nitrogens is 1. The summed E-state index contributed by atoms with van der Waals surface area (Å²) in [5.74, 6) is -1.37. The maximum absolute atomic E-state index is 12.8. The average molecular weight is 456 g/mol. The number of aryl methyl sites for hydroxylation is 1. The molecule has 3 atom stereocenters. The van der Waals surface area contributed by atoms with Crippen molar-refractivity contribution in [1.82, 2.24) is 9.88 Å². The van der Waals surface area contributed by atoms with Crippen molar-refractivity contribution in [2.24, 2.45) is 5.92 Å². The van der Waals surface area contributed by atoms with Gasteiger partial charge in [-0.25, -0.2) is 9.78 Å². The van der Waals surface area contributed by atoms with Gasteiger partial charge >= 0.3 is 12.1 Å². The number of aliphatic carboxylic acids is 1. The summed E-state index contributed by atoms with van der Waals surface area (Å²) in [6, 6.07) is 7.54. The van der Waals surface area contributed by atoms with E-state index in [4.69, 9.17) is 23.8 Å². The van der Waals surface area contributed by atoms with Gasteiger partial charge < -0.3 is 23.9 Å². The van der Waals surface area contributed by atoms with Crippen LogP contribution in [-0.4, -0.2) is 64.9 Å². The number of hydrogen-bond donors (Lipinski definition) is 1. The van der Waals surface area contributed by atoms with Gasteiger partial charge in [0.1, 0.15) is 0 Å². The van der Waals surface area contributed by atoms with Crippen molar-refractivity contribution in [3.8, 4) is 5.88 Å². The minimum Gasteiger partial charge on any atom is -0.477 e. The Morgan fingerprint density at radius 1 is 1.28 bits per heavy atom. The first-order valence-corrected chi connectivity index (χ1v) is 9.97. The summed E-state index contributed by atoms with van der Waals surface area (Å²) >= 11 is 0. The van der Waals surface area contributed by atoms with Crippen molar-refractivity contribution >= 4 is 11.9 Å². The Balaban J connectivity index is 0.000000360. The van der Waals surface area contributed by atoms with Gasteiger partial charge in [0.05, 0.1) is 31.6 Å². The first-order valence-electron chi connectivity index (χ1n) is 9.97. The molecule has 174 valence electrons. The van der Waals surface area contributed by atoms with Crippen molar-refractivity contribution < 1.29 is 41.8 Å². The Morgan fingerprint density at radius 2 is 2.03 bits per heavy atom. The molecule has 2 aromatic rings. The molecule has 0 radical (unpaired) electrons. The van der Waals surface area contributed by atoms with Gasteiger partial charge in [-0.15, -0.1) is 0 Å². The van der Waals surface area contributed by atoms with Crippen LogP contribution in [0.1, 0.15) is 29.0 Å². The fourth-order valence-corrected chi connectivity index (χ4v) is 3.80. The van der Waals surface area contributed by atoms with Crippen LogP contribution in [0.3, 0.4) is 0 Å². The van der Waals surface area contributed by atoms with Crippen LogP contribution in [0.5, 0.6) is 5.88 Å². The molecule has 1 aliphatic carbocycles. The second-order valence-electron chi connectivity index (χ2n) is 7.53. The fourth-order valence-electron chi connectivity index (χ4n) is 3.80. The first-order chi connectivity index (χ1) is 15.2. The standard InChI is InChI=1S/C19H22N2O4.C2HF3O2/c1-13-5-8-24-18(13)19(22)21-7-9-23-16-11-14(10-15(16)21)12-25-17-4-2-3-6-20-17;3-2(4,5)1(6)7/h2-6,8,14-16H,7,9-12H2,1H3;(H,6,7). The molecule has 2 aliphatic rings. The number of rotatable bonds is 4. The Kier molecular flexibility index (Phi) is 7.39. The molecule has 4 rings (SSSR count). The van der Waals surface area contributed by atoms with E-state index in [9.17, 15) is 18.0 Å². The van der Waals surface area contributed by atoms with Crippen molar-refractivity contribution in [2.45, 2.75) is 38.1 Å². The lowest BCUT2D eigenvalue weighted by Gasteiger charge is -2.37. The zero-order valence-corrected chi connectivity index (χ0v) is 17.2. The van der Waals surface area contributed by atoms with E-state index in [0.29, 0.717) is 37.3 Å². The Labute approximate surface area is 181 Å². The highest BCUT2D eigenvalue weighted by Crippen LogP contribution is 2.35. The number of carbonyl (C=O) groups is 2. The third kappa shape index (κ3) is 5.78. The summed E-state index contributed by atoms with van der Waals surface area (Å²) in [7, 11) is 0. The van der Waals surface area contributed by atoms with Crippen LogP contribution in [0.2, 0.25) is 0 Å². The number of carboxylic acids is 1. The largest absolute Gasteiger partial charge is 0.490 e. The molecule has 2 aromatic heterocycles. The van der Waals surface area contributed by atoms with Crippen LogP contribution in [0.25, 0.3) is 0 Å². The number of amides is 1. The van der Waals surface area contributed by atoms with E-state index in [1.165, 1.54) is 0 Å². The number of halogens is 3. The highest BCUT2D eigenvalue weighted by atomic mass is 19.4. The summed E-state index contributed by atoms with van der Waals surface area (Å²) in [6.07, 6.45) is 0.0595. The van der Waals surface area contributed by atoms with Gasteiger partial charge in [0.25, 0.3) is 5.91 Å². The second-order valence-corrected chi connectivity index (χ2v) is 7.53. The van der Waals surface area contributed by atoms with Crippen LogP contribution >= 0.6 is 0 Å². The molecule has 3 heterocycles. The van der Waals surface area contributed by atoms with Crippen LogP contribution in [-0.2, 0) is 9.53 Å². The molecule has 32 heavy (non-hydrogen) atoms. The van der Waals surface area contributed by atoms with Gasteiger partial charge in [0.15, 0.2) is 5.76 Å². The van der Waals surface area contributed by atoms with E-state index in [1.54, 1.807) is 12.5 Å². The van der Waals surface area contributed by atoms with E-state index in [0.717, 1.165) is 18.4 Å². The fraction of sp³-hybridized carbons (Fsp3) is 0.476. The van der Waals surface area contributed by atoms with Crippen LogP contribution < -0.4 is 4.74 Å². The average Bonchev–Trinajstić information content (AvgIpc) is 3.37. The van der Waals surface area contributed by atoms with Gasteiger partial charge in [-0.1, -0.05) is 6.07 Å². The molecular formula is C21H23F3N2O6. The number of fused-ring (bicyclic) bond motifs is 1. The molecule has 3 unspecified atom stereocenters. The normalized spacial score (nSPS) is 22.5. The molecule has 0 bridgehead atoms. The smallest absolute Gasteiger partial charge is 0.477 e. The van der Waals surface area contributed by atoms with E-state index in [-0.39, 0.29) is 18.1 Å². The van der Waals surface area contributed by atoms with Gasteiger partial charge in [-0.3, -0.25) is 4.79 Å². The van der Waals surface area contributed by atoms with Crippen molar-refractivity contribution in [3.63, 3.8) is 0 Å².